The Bertz CT molecular complexity index is 845. The van der Waals surface area contributed by atoms with Crippen LogP contribution in [0.2, 0.25) is 0 Å². The molecule has 0 aliphatic carbocycles. The lowest BCUT2D eigenvalue weighted by Crippen LogP contribution is -2.46. The lowest BCUT2D eigenvalue weighted by molar-refractivity contribution is 0.0696. The third kappa shape index (κ3) is 2.26. The smallest absolute Gasteiger partial charge is 0.335 e. The van der Waals surface area contributed by atoms with Crippen molar-refractivity contribution in [2.24, 2.45) is 5.92 Å². The van der Waals surface area contributed by atoms with Crippen LogP contribution in [0.3, 0.4) is 0 Å². The molecule has 5 heteroatoms. The number of aromatic carboxylic acids is 1. The van der Waals surface area contributed by atoms with Gasteiger partial charge in [-0.25, -0.2) is 4.79 Å². The number of rotatable bonds is 2. The molecule has 0 fully saturated rings. The summed E-state index contributed by atoms with van der Waals surface area (Å²) in [5.41, 5.74) is 3.07. The van der Waals surface area contributed by atoms with E-state index in [2.05, 4.69) is 19.2 Å². The molecule has 2 aliphatic rings. The second-order valence-electron chi connectivity index (χ2n) is 7.20. The molecular weight excluding hydrogens is 318 g/mol. The summed E-state index contributed by atoms with van der Waals surface area (Å²) in [5, 5.41) is 12.9. The van der Waals surface area contributed by atoms with Crippen LogP contribution in [-0.2, 0) is 5.41 Å². The van der Waals surface area contributed by atoms with Gasteiger partial charge in [0.15, 0.2) is 0 Å². The van der Waals surface area contributed by atoms with Crippen LogP contribution in [0, 0.1) is 5.92 Å². The number of ether oxygens (including phenoxy) is 2. The molecule has 0 radical (unpaired) electrons. The molecule has 0 saturated heterocycles. The fourth-order valence-electron chi connectivity index (χ4n) is 4.11. The van der Waals surface area contributed by atoms with Crippen LogP contribution in [0.25, 0.3) is 0 Å². The van der Waals surface area contributed by atoms with Crippen molar-refractivity contribution in [3.8, 4) is 11.5 Å². The van der Waals surface area contributed by atoms with E-state index < -0.39 is 5.97 Å². The van der Waals surface area contributed by atoms with Crippen molar-refractivity contribution in [2.45, 2.75) is 25.3 Å². The summed E-state index contributed by atoms with van der Waals surface area (Å²) in [6, 6.07) is 11.2. The van der Waals surface area contributed by atoms with Crippen molar-refractivity contribution >= 4 is 11.7 Å². The number of carboxylic acid groups (broad SMARTS) is 1. The maximum absolute atomic E-state index is 11.4. The average molecular weight is 339 g/mol. The minimum Gasteiger partial charge on any atom is -0.496 e. The molecule has 130 valence electrons. The van der Waals surface area contributed by atoms with Crippen molar-refractivity contribution in [3.05, 3.63) is 53.1 Å². The molecule has 25 heavy (non-hydrogen) atoms. The lowest BCUT2D eigenvalue weighted by Gasteiger charge is -2.48. The van der Waals surface area contributed by atoms with Gasteiger partial charge in [-0.3, -0.25) is 0 Å². The second-order valence-corrected chi connectivity index (χ2v) is 7.20. The standard InChI is InChI=1S/C20H21NO4/c1-20(2)12-9-11(19(22)23)7-8-14(12)21-18-13(20)10-25-16-6-4-5-15(24-3)17(16)18/h4-9,13,18,21H,10H2,1-3H3,(H,22,23). The normalized spacial score (nSPS) is 22.5. The fraction of sp³-hybridized carbons (Fsp3) is 0.350. The molecule has 2 aromatic carbocycles. The van der Waals surface area contributed by atoms with E-state index in [-0.39, 0.29) is 17.4 Å². The van der Waals surface area contributed by atoms with Crippen molar-refractivity contribution in [1.82, 2.24) is 0 Å². The number of nitrogens with one attached hydrogen (secondary N) is 1. The third-order valence-electron chi connectivity index (χ3n) is 5.58. The first-order chi connectivity index (χ1) is 11.9. The maximum atomic E-state index is 11.4. The second kappa shape index (κ2) is 5.41. The number of fused-ring (bicyclic) bond motifs is 4. The number of carboxylic acids is 1. The van der Waals surface area contributed by atoms with Crippen LogP contribution in [0.1, 0.15) is 41.4 Å². The molecule has 0 spiro atoms. The summed E-state index contributed by atoms with van der Waals surface area (Å²) in [4.78, 5) is 11.4. The zero-order valence-corrected chi connectivity index (χ0v) is 14.5. The zero-order valence-electron chi connectivity index (χ0n) is 14.5. The number of carbonyl (C=O) groups is 1. The molecule has 2 N–H and O–H groups in total. The predicted octanol–water partition coefficient (Wildman–Crippen LogP) is 3.85. The summed E-state index contributed by atoms with van der Waals surface area (Å²) in [7, 11) is 1.67. The van der Waals surface area contributed by atoms with Gasteiger partial charge in [-0.05, 0) is 35.9 Å². The number of hydrogen-bond acceptors (Lipinski definition) is 4. The van der Waals surface area contributed by atoms with Gasteiger partial charge in [-0.1, -0.05) is 19.9 Å². The minimum atomic E-state index is -0.910. The Hall–Kier alpha value is -2.69. The molecule has 2 unspecified atom stereocenters. The van der Waals surface area contributed by atoms with Crippen molar-refractivity contribution in [1.29, 1.82) is 0 Å². The van der Waals surface area contributed by atoms with E-state index in [1.807, 2.05) is 24.3 Å². The van der Waals surface area contributed by atoms with Crippen LogP contribution in [0.5, 0.6) is 11.5 Å². The van der Waals surface area contributed by atoms with E-state index >= 15 is 0 Å². The van der Waals surface area contributed by atoms with Crippen LogP contribution in [0.15, 0.2) is 36.4 Å². The van der Waals surface area contributed by atoms with Crippen molar-refractivity contribution in [3.63, 3.8) is 0 Å². The van der Waals surface area contributed by atoms with Crippen molar-refractivity contribution < 1.29 is 19.4 Å². The highest BCUT2D eigenvalue weighted by molar-refractivity contribution is 5.89. The fourth-order valence-corrected chi connectivity index (χ4v) is 4.11. The van der Waals surface area contributed by atoms with E-state index in [9.17, 15) is 9.90 Å². The lowest BCUT2D eigenvalue weighted by atomic mass is 9.65. The van der Waals surface area contributed by atoms with Crippen LogP contribution >= 0.6 is 0 Å². The molecule has 2 heterocycles. The molecule has 0 aromatic heterocycles. The van der Waals surface area contributed by atoms with Crippen LogP contribution in [0.4, 0.5) is 5.69 Å². The van der Waals surface area contributed by atoms with Gasteiger partial charge in [-0.15, -0.1) is 0 Å². The summed E-state index contributed by atoms with van der Waals surface area (Å²) >= 11 is 0. The highest BCUT2D eigenvalue weighted by Crippen LogP contribution is 2.54. The molecule has 2 atom stereocenters. The predicted molar refractivity (Wildman–Crippen MR) is 94.8 cm³/mol. The quantitative estimate of drug-likeness (QED) is 0.870. The van der Waals surface area contributed by atoms with Gasteiger partial charge in [0.25, 0.3) is 0 Å². The summed E-state index contributed by atoms with van der Waals surface area (Å²) in [6.45, 7) is 4.88. The summed E-state index contributed by atoms with van der Waals surface area (Å²) in [6.07, 6.45) is 0. The first-order valence-electron chi connectivity index (χ1n) is 8.37. The SMILES string of the molecule is COc1cccc2c1C1Nc3ccc(C(=O)O)cc3C(C)(C)C1CO2. The maximum Gasteiger partial charge on any atom is 0.335 e. The molecule has 0 bridgehead atoms. The Morgan fingerprint density at radius 3 is 2.84 bits per heavy atom. The molecule has 2 aliphatic heterocycles. The van der Waals surface area contributed by atoms with Gasteiger partial charge in [-0.2, -0.15) is 0 Å². The van der Waals surface area contributed by atoms with Crippen LogP contribution in [-0.4, -0.2) is 24.8 Å². The van der Waals surface area contributed by atoms with Crippen molar-refractivity contribution in [2.75, 3.05) is 19.0 Å². The molecular formula is C20H21NO4. The van der Waals surface area contributed by atoms with E-state index in [0.29, 0.717) is 12.2 Å². The van der Waals surface area contributed by atoms with Gasteiger partial charge >= 0.3 is 5.97 Å². The Kier molecular flexibility index (Phi) is 3.42. The number of benzene rings is 2. The number of methoxy groups -OCH3 is 1. The first kappa shape index (κ1) is 15.8. The molecule has 4 rings (SSSR count). The van der Waals surface area contributed by atoms with Gasteiger partial charge in [0.05, 0.1) is 30.9 Å². The van der Waals surface area contributed by atoms with Gasteiger partial charge in [0.2, 0.25) is 0 Å². The monoisotopic (exact) mass is 339 g/mol. The molecule has 0 amide bonds. The van der Waals surface area contributed by atoms with Gasteiger partial charge in [0, 0.05) is 17.0 Å². The molecule has 5 nitrogen and oxygen atoms in total. The number of anilines is 1. The van der Waals surface area contributed by atoms with Crippen LogP contribution < -0.4 is 14.8 Å². The largest absolute Gasteiger partial charge is 0.496 e. The Labute approximate surface area is 146 Å². The summed E-state index contributed by atoms with van der Waals surface area (Å²) in [5.74, 6) is 0.899. The van der Waals surface area contributed by atoms with E-state index in [0.717, 1.165) is 28.3 Å². The zero-order chi connectivity index (χ0) is 17.8. The first-order valence-corrected chi connectivity index (χ1v) is 8.37. The topological polar surface area (TPSA) is 67.8 Å². The Morgan fingerprint density at radius 2 is 2.12 bits per heavy atom. The van der Waals surface area contributed by atoms with E-state index in [1.165, 1.54) is 0 Å². The molecule has 0 saturated carbocycles. The van der Waals surface area contributed by atoms with Gasteiger partial charge in [0.1, 0.15) is 11.5 Å². The summed E-state index contributed by atoms with van der Waals surface area (Å²) < 4.78 is 11.6. The Balaban J connectivity index is 1.87. The van der Waals surface area contributed by atoms with E-state index in [4.69, 9.17) is 9.47 Å². The highest BCUT2D eigenvalue weighted by atomic mass is 16.5. The highest BCUT2D eigenvalue weighted by Gasteiger charge is 2.47. The molecule has 2 aromatic rings. The van der Waals surface area contributed by atoms with E-state index in [1.54, 1.807) is 19.2 Å². The average Bonchev–Trinajstić information content (AvgIpc) is 2.60. The van der Waals surface area contributed by atoms with Gasteiger partial charge < -0.3 is 19.9 Å². The number of hydrogen-bond donors (Lipinski definition) is 2. The third-order valence-corrected chi connectivity index (χ3v) is 5.58. The minimum absolute atomic E-state index is 0.0538. The Morgan fingerprint density at radius 1 is 1.32 bits per heavy atom.